The van der Waals surface area contributed by atoms with Gasteiger partial charge in [-0.3, -0.25) is 4.79 Å². The highest BCUT2D eigenvalue weighted by molar-refractivity contribution is 5.95. The SMILES string of the molecule is C=CCNC(=O)c1ccc(NC(=O)NCc2ccc(OC)cc2)cc1. The van der Waals surface area contributed by atoms with Crippen LogP contribution < -0.4 is 20.7 Å². The van der Waals surface area contributed by atoms with Crippen LogP contribution in [0.4, 0.5) is 10.5 Å². The lowest BCUT2D eigenvalue weighted by atomic mass is 10.2. The molecule has 25 heavy (non-hydrogen) atoms. The summed E-state index contributed by atoms with van der Waals surface area (Å²) in [5.41, 5.74) is 2.09. The van der Waals surface area contributed by atoms with E-state index in [4.69, 9.17) is 4.74 Å². The average Bonchev–Trinajstić information content (AvgIpc) is 2.65. The second-order valence-electron chi connectivity index (χ2n) is 5.23. The number of methoxy groups -OCH3 is 1. The molecule has 0 unspecified atom stereocenters. The third-order valence-electron chi connectivity index (χ3n) is 3.42. The number of carbonyl (C=O) groups is 2. The number of amides is 3. The Hall–Kier alpha value is -3.28. The molecule has 2 rings (SSSR count). The van der Waals surface area contributed by atoms with Gasteiger partial charge in [-0.2, -0.15) is 0 Å². The van der Waals surface area contributed by atoms with Gasteiger partial charge in [0.2, 0.25) is 0 Å². The molecule has 0 fully saturated rings. The van der Waals surface area contributed by atoms with E-state index in [0.29, 0.717) is 24.3 Å². The van der Waals surface area contributed by atoms with Crippen LogP contribution in [0, 0.1) is 0 Å². The van der Waals surface area contributed by atoms with Crippen molar-refractivity contribution in [1.82, 2.24) is 10.6 Å². The molecular weight excluding hydrogens is 318 g/mol. The first-order chi connectivity index (χ1) is 12.1. The number of hydrogen-bond donors (Lipinski definition) is 3. The van der Waals surface area contributed by atoms with Crippen molar-refractivity contribution in [3.8, 4) is 5.75 Å². The maximum Gasteiger partial charge on any atom is 0.319 e. The van der Waals surface area contributed by atoms with Gasteiger partial charge in [-0.25, -0.2) is 4.79 Å². The Morgan fingerprint density at radius 1 is 1.04 bits per heavy atom. The maximum absolute atomic E-state index is 11.9. The zero-order chi connectivity index (χ0) is 18.1. The minimum absolute atomic E-state index is 0.185. The molecule has 0 saturated carbocycles. The van der Waals surface area contributed by atoms with Crippen molar-refractivity contribution in [2.45, 2.75) is 6.54 Å². The lowest BCUT2D eigenvalue weighted by Gasteiger charge is -2.09. The van der Waals surface area contributed by atoms with E-state index in [-0.39, 0.29) is 11.9 Å². The van der Waals surface area contributed by atoms with Gasteiger partial charge in [0.05, 0.1) is 7.11 Å². The molecule has 0 aliphatic carbocycles. The fourth-order valence-corrected chi connectivity index (χ4v) is 2.07. The molecule has 0 aliphatic rings. The minimum atomic E-state index is -0.320. The van der Waals surface area contributed by atoms with Gasteiger partial charge in [0.1, 0.15) is 5.75 Å². The number of ether oxygens (including phenoxy) is 1. The number of nitrogens with one attached hydrogen (secondary N) is 3. The van der Waals surface area contributed by atoms with Crippen molar-refractivity contribution in [1.29, 1.82) is 0 Å². The number of rotatable bonds is 7. The Balaban J connectivity index is 1.83. The lowest BCUT2D eigenvalue weighted by Crippen LogP contribution is -2.28. The normalized spacial score (nSPS) is 9.80. The van der Waals surface area contributed by atoms with Gasteiger partial charge in [0.15, 0.2) is 0 Å². The number of hydrogen-bond acceptors (Lipinski definition) is 3. The predicted molar refractivity (Wildman–Crippen MR) is 97.8 cm³/mol. The quantitative estimate of drug-likeness (QED) is 0.679. The molecule has 130 valence electrons. The zero-order valence-corrected chi connectivity index (χ0v) is 14.0. The van der Waals surface area contributed by atoms with Crippen LogP contribution in [0.25, 0.3) is 0 Å². The van der Waals surface area contributed by atoms with Crippen LogP contribution in [0.5, 0.6) is 5.75 Å². The number of urea groups is 1. The Morgan fingerprint density at radius 2 is 1.72 bits per heavy atom. The van der Waals surface area contributed by atoms with Crippen molar-refractivity contribution in [2.75, 3.05) is 19.0 Å². The smallest absolute Gasteiger partial charge is 0.319 e. The summed E-state index contributed by atoms with van der Waals surface area (Å²) in [4.78, 5) is 23.7. The molecule has 3 amide bonds. The van der Waals surface area contributed by atoms with Crippen molar-refractivity contribution < 1.29 is 14.3 Å². The van der Waals surface area contributed by atoms with Crippen LogP contribution in [-0.4, -0.2) is 25.6 Å². The van der Waals surface area contributed by atoms with Crippen LogP contribution >= 0.6 is 0 Å². The molecule has 0 aliphatic heterocycles. The molecule has 0 bridgehead atoms. The number of benzene rings is 2. The van der Waals surface area contributed by atoms with Crippen molar-refractivity contribution in [3.63, 3.8) is 0 Å². The third kappa shape index (κ3) is 5.69. The van der Waals surface area contributed by atoms with Crippen molar-refractivity contribution in [3.05, 3.63) is 72.3 Å². The van der Waals surface area contributed by atoms with Crippen molar-refractivity contribution >= 4 is 17.6 Å². The predicted octanol–water partition coefficient (Wildman–Crippen LogP) is 2.93. The minimum Gasteiger partial charge on any atom is -0.497 e. The summed E-state index contributed by atoms with van der Waals surface area (Å²) < 4.78 is 5.09. The van der Waals surface area contributed by atoms with Crippen LogP contribution in [0.3, 0.4) is 0 Å². The lowest BCUT2D eigenvalue weighted by molar-refractivity contribution is 0.0958. The highest BCUT2D eigenvalue weighted by atomic mass is 16.5. The molecule has 0 heterocycles. The fourth-order valence-electron chi connectivity index (χ4n) is 2.07. The zero-order valence-electron chi connectivity index (χ0n) is 14.0. The standard InChI is InChI=1S/C19H21N3O3/c1-3-12-20-18(23)15-6-8-16(9-7-15)22-19(24)21-13-14-4-10-17(25-2)11-5-14/h3-11H,1,12-13H2,2H3,(H,20,23)(H2,21,22,24). The molecule has 3 N–H and O–H groups in total. The molecule has 0 radical (unpaired) electrons. The second-order valence-corrected chi connectivity index (χ2v) is 5.23. The summed E-state index contributed by atoms with van der Waals surface area (Å²) in [6, 6.07) is 13.8. The Kier molecular flexibility index (Phi) is 6.59. The van der Waals surface area contributed by atoms with Crippen LogP contribution in [0.2, 0.25) is 0 Å². The Labute approximate surface area is 146 Å². The largest absolute Gasteiger partial charge is 0.497 e. The molecule has 0 spiro atoms. The van der Waals surface area contributed by atoms with E-state index in [2.05, 4.69) is 22.5 Å². The summed E-state index contributed by atoms with van der Waals surface area (Å²) >= 11 is 0. The first-order valence-corrected chi connectivity index (χ1v) is 7.79. The highest BCUT2D eigenvalue weighted by Gasteiger charge is 2.06. The maximum atomic E-state index is 11.9. The number of anilines is 1. The summed E-state index contributed by atoms with van der Waals surface area (Å²) in [7, 11) is 1.61. The summed E-state index contributed by atoms with van der Waals surface area (Å²) in [5, 5.41) is 8.18. The van der Waals surface area contributed by atoms with E-state index in [1.54, 1.807) is 37.5 Å². The van der Waals surface area contributed by atoms with Gasteiger partial charge in [0, 0.05) is 24.3 Å². The van der Waals surface area contributed by atoms with E-state index in [9.17, 15) is 9.59 Å². The van der Waals surface area contributed by atoms with Crippen molar-refractivity contribution in [2.24, 2.45) is 0 Å². The molecule has 6 heteroatoms. The van der Waals surface area contributed by atoms with Crippen LogP contribution in [-0.2, 0) is 6.54 Å². The topological polar surface area (TPSA) is 79.5 Å². The van der Waals surface area contributed by atoms with Crippen LogP contribution in [0.15, 0.2) is 61.2 Å². The van der Waals surface area contributed by atoms with E-state index < -0.39 is 0 Å². The van der Waals surface area contributed by atoms with E-state index in [0.717, 1.165) is 11.3 Å². The van der Waals surface area contributed by atoms with E-state index in [1.807, 2.05) is 24.3 Å². The van der Waals surface area contributed by atoms with Gasteiger partial charge in [-0.1, -0.05) is 18.2 Å². The molecule has 0 atom stereocenters. The highest BCUT2D eigenvalue weighted by Crippen LogP contribution is 2.12. The van der Waals surface area contributed by atoms with E-state index >= 15 is 0 Å². The fraction of sp³-hybridized carbons (Fsp3) is 0.158. The van der Waals surface area contributed by atoms with E-state index in [1.165, 1.54) is 0 Å². The van der Waals surface area contributed by atoms with Gasteiger partial charge in [-0.05, 0) is 42.0 Å². The van der Waals surface area contributed by atoms with Gasteiger partial charge >= 0.3 is 6.03 Å². The van der Waals surface area contributed by atoms with Crippen LogP contribution in [0.1, 0.15) is 15.9 Å². The Morgan fingerprint density at radius 3 is 2.32 bits per heavy atom. The third-order valence-corrected chi connectivity index (χ3v) is 3.42. The first-order valence-electron chi connectivity index (χ1n) is 7.79. The van der Waals surface area contributed by atoms with Gasteiger partial charge in [0.25, 0.3) is 5.91 Å². The molecular formula is C19H21N3O3. The second kappa shape index (κ2) is 9.12. The molecule has 2 aromatic carbocycles. The summed E-state index contributed by atoms with van der Waals surface area (Å²) in [6.07, 6.45) is 1.61. The van der Waals surface area contributed by atoms with Gasteiger partial charge in [-0.15, -0.1) is 6.58 Å². The average molecular weight is 339 g/mol. The summed E-state index contributed by atoms with van der Waals surface area (Å²) in [5.74, 6) is 0.584. The summed E-state index contributed by atoms with van der Waals surface area (Å²) in [6.45, 7) is 4.36. The molecule has 6 nitrogen and oxygen atoms in total. The first kappa shape index (κ1) is 18.1. The molecule has 0 aromatic heterocycles. The monoisotopic (exact) mass is 339 g/mol. The number of carbonyl (C=O) groups excluding carboxylic acids is 2. The van der Waals surface area contributed by atoms with Gasteiger partial charge < -0.3 is 20.7 Å². The Bertz CT molecular complexity index is 725. The molecule has 2 aromatic rings. The molecule has 0 saturated heterocycles.